The van der Waals surface area contributed by atoms with Gasteiger partial charge in [0.05, 0.1) is 40.1 Å². The summed E-state index contributed by atoms with van der Waals surface area (Å²) in [7, 11) is 0.0744. The fraction of sp³-hybridized carbons (Fsp3) is 0.130. The average Bonchev–Trinajstić information content (AvgIpc) is 2.78. The van der Waals surface area contributed by atoms with E-state index in [9.17, 15) is 9.00 Å². The van der Waals surface area contributed by atoms with Crippen LogP contribution < -0.4 is 4.74 Å². The topological polar surface area (TPSA) is 77.8 Å². The van der Waals surface area contributed by atoms with Gasteiger partial charge in [-0.1, -0.05) is 36.1 Å². The van der Waals surface area contributed by atoms with E-state index in [4.69, 9.17) is 4.74 Å². The van der Waals surface area contributed by atoms with Gasteiger partial charge >= 0.3 is 5.97 Å². The van der Waals surface area contributed by atoms with Crippen molar-refractivity contribution >= 4 is 21.4 Å². The molecule has 1 aromatic heterocycles. The molecule has 0 bridgehead atoms. The standard InChI is InChI=1S/C23H20N2O4S/c1-28-21-10-6-7-11-22(21)30(3,27)25-19-9-5-4-8-18(19)14-12-17-13-15-20(24-16-17)23(26)29-2/h4-11,13,15-16H,1-3H3. The number of ether oxygens (including phenoxy) is 2. The van der Waals surface area contributed by atoms with Crippen LogP contribution in [-0.4, -0.2) is 35.6 Å². The zero-order valence-electron chi connectivity index (χ0n) is 16.8. The van der Waals surface area contributed by atoms with Crippen LogP contribution >= 0.6 is 0 Å². The number of hydrogen-bond acceptors (Lipinski definition) is 6. The first-order valence-electron chi connectivity index (χ1n) is 8.95. The van der Waals surface area contributed by atoms with Crippen LogP contribution in [0.3, 0.4) is 0 Å². The van der Waals surface area contributed by atoms with Crippen molar-refractivity contribution in [2.45, 2.75) is 4.90 Å². The minimum Gasteiger partial charge on any atom is -0.495 e. The Hall–Kier alpha value is -3.63. The number of esters is 1. The number of methoxy groups -OCH3 is 2. The number of hydrogen-bond donors (Lipinski definition) is 0. The van der Waals surface area contributed by atoms with Gasteiger partial charge in [0.2, 0.25) is 0 Å². The Morgan fingerprint density at radius 1 is 1.00 bits per heavy atom. The van der Waals surface area contributed by atoms with E-state index in [2.05, 4.69) is 25.9 Å². The first-order valence-corrected chi connectivity index (χ1v) is 10.9. The van der Waals surface area contributed by atoms with Crippen molar-refractivity contribution in [2.75, 3.05) is 20.5 Å². The van der Waals surface area contributed by atoms with E-state index >= 15 is 0 Å². The fourth-order valence-electron chi connectivity index (χ4n) is 2.66. The second kappa shape index (κ2) is 9.25. The molecule has 3 aromatic rings. The summed E-state index contributed by atoms with van der Waals surface area (Å²) in [5, 5.41) is 0. The van der Waals surface area contributed by atoms with Gasteiger partial charge in [0.25, 0.3) is 0 Å². The largest absolute Gasteiger partial charge is 0.495 e. The van der Waals surface area contributed by atoms with Crippen LogP contribution in [0.25, 0.3) is 0 Å². The van der Waals surface area contributed by atoms with Crippen LogP contribution in [-0.2, 0) is 14.5 Å². The van der Waals surface area contributed by atoms with Gasteiger partial charge in [-0.3, -0.25) is 0 Å². The van der Waals surface area contributed by atoms with Crippen LogP contribution in [0.5, 0.6) is 5.75 Å². The molecule has 0 N–H and O–H groups in total. The van der Waals surface area contributed by atoms with Crippen molar-refractivity contribution in [1.29, 1.82) is 0 Å². The van der Waals surface area contributed by atoms with E-state index in [-0.39, 0.29) is 5.69 Å². The van der Waals surface area contributed by atoms with Gasteiger partial charge in [0.15, 0.2) is 0 Å². The monoisotopic (exact) mass is 420 g/mol. The van der Waals surface area contributed by atoms with Gasteiger partial charge in [-0.15, -0.1) is 0 Å². The lowest BCUT2D eigenvalue weighted by molar-refractivity contribution is 0.0594. The lowest BCUT2D eigenvalue weighted by Crippen LogP contribution is -2.03. The minimum absolute atomic E-state index is 0.209. The van der Waals surface area contributed by atoms with Crippen LogP contribution in [0.4, 0.5) is 5.69 Å². The fourth-order valence-corrected chi connectivity index (χ4v) is 4.15. The molecule has 0 saturated carbocycles. The molecule has 7 heteroatoms. The normalized spacial score (nSPS) is 12.1. The molecular weight excluding hydrogens is 400 g/mol. The summed E-state index contributed by atoms with van der Waals surface area (Å²) in [6.45, 7) is 0. The molecule has 1 unspecified atom stereocenters. The molecule has 6 nitrogen and oxygen atoms in total. The van der Waals surface area contributed by atoms with Crippen molar-refractivity contribution < 1.29 is 18.5 Å². The molecule has 2 aromatic carbocycles. The highest BCUT2D eigenvalue weighted by Gasteiger charge is 2.13. The lowest BCUT2D eigenvalue weighted by Gasteiger charge is -2.10. The van der Waals surface area contributed by atoms with E-state index in [0.29, 0.717) is 27.5 Å². The third kappa shape index (κ3) is 4.85. The molecule has 0 aliphatic rings. The van der Waals surface area contributed by atoms with Crippen molar-refractivity contribution in [1.82, 2.24) is 4.98 Å². The molecule has 0 spiro atoms. The van der Waals surface area contributed by atoms with Crippen molar-refractivity contribution in [3.63, 3.8) is 0 Å². The average molecular weight is 420 g/mol. The molecule has 0 radical (unpaired) electrons. The Bertz CT molecular complexity index is 1250. The van der Waals surface area contributed by atoms with Gasteiger partial charge in [-0.05, 0) is 36.4 Å². The quantitative estimate of drug-likeness (QED) is 0.470. The third-order valence-corrected chi connectivity index (χ3v) is 5.85. The summed E-state index contributed by atoms with van der Waals surface area (Å²) in [5.41, 5.74) is 1.97. The lowest BCUT2D eigenvalue weighted by atomic mass is 10.1. The van der Waals surface area contributed by atoms with Crippen LogP contribution in [0.1, 0.15) is 21.6 Å². The molecule has 1 atom stereocenters. The van der Waals surface area contributed by atoms with Crippen LogP contribution in [0.2, 0.25) is 0 Å². The third-order valence-electron chi connectivity index (χ3n) is 4.15. The Kier molecular flexibility index (Phi) is 6.50. The van der Waals surface area contributed by atoms with Gasteiger partial charge < -0.3 is 9.47 Å². The summed E-state index contributed by atoms with van der Waals surface area (Å²) >= 11 is 0. The summed E-state index contributed by atoms with van der Waals surface area (Å²) < 4.78 is 27.8. The van der Waals surface area contributed by atoms with E-state index < -0.39 is 15.7 Å². The smallest absolute Gasteiger partial charge is 0.356 e. The van der Waals surface area contributed by atoms with Gasteiger partial charge in [0.1, 0.15) is 11.4 Å². The van der Waals surface area contributed by atoms with E-state index in [1.807, 2.05) is 18.2 Å². The van der Waals surface area contributed by atoms with E-state index in [1.165, 1.54) is 20.4 Å². The zero-order chi connectivity index (χ0) is 21.6. The SMILES string of the molecule is COC(=O)c1ccc(C#Cc2ccccc2N=S(C)(=O)c2ccccc2OC)cn1. The molecular formula is C23H20N2O4S. The first-order chi connectivity index (χ1) is 14.4. The van der Waals surface area contributed by atoms with Crippen molar-refractivity contribution in [3.8, 4) is 17.6 Å². The number of nitrogens with zero attached hydrogens (tertiary/aromatic N) is 2. The molecule has 1 heterocycles. The van der Waals surface area contributed by atoms with Gasteiger partial charge in [-0.2, -0.15) is 4.36 Å². The summed E-state index contributed by atoms with van der Waals surface area (Å²) in [6.07, 6.45) is 3.07. The van der Waals surface area contributed by atoms with Crippen LogP contribution in [0.15, 0.2) is 76.1 Å². The molecule has 0 aliphatic heterocycles. The second-order valence-electron chi connectivity index (χ2n) is 6.24. The number of carbonyl (C=O) groups is 1. The summed E-state index contributed by atoms with van der Waals surface area (Å²) in [5.74, 6) is 6.05. The maximum absolute atomic E-state index is 13.3. The summed E-state index contributed by atoms with van der Waals surface area (Å²) in [6, 6.07) is 17.6. The van der Waals surface area contributed by atoms with E-state index in [0.717, 1.165) is 0 Å². The molecule has 0 fully saturated rings. The minimum atomic E-state index is -2.76. The number of rotatable bonds is 4. The Balaban J connectivity index is 1.98. The predicted molar refractivity (Wildman–Crippen MR) is 115 cm³/mol. The van der Waals surface area contributed by atoms with Crippen LogP contribution in [0, 0.1) is 11.8 Å². The Morgan fingerprint density at radius 2 is 1.73 bits per heavy atom. The highest BCUT2D eigenvalue weighted by molar-refractivity contribution is 7.93. The molecule has 30 heavy (non-hydrogen) atoms. The van der Waals surface area contributed by atoms with Crippen molar-refractivity contribution in [3.05, 3.63) is 83.7 Å². The molecule has 0 aliphatic carbocycles. The van der Waals surface area contributed by atoms with E-state index in [1.54, 1.807) is 48.7 Å². The number of carbonyl (C=O) groups excluding carboxylic acids is 1. The molecule has 152 valence electrons. The number of para-hydroxylation sites is 1. The number of aromatic nitrogens is 1. The maximum Gasteiger partial charge on any atom is 0.356 e. The molecule has 0 amide bonds. The zero-order valence-corrected chi connectivity index (χ0v) is 17.6. The highest BCUT2D eigenvalue weighted by Crippen LogP contribution is 2.28. The molecule has 3 rings (SSSR count). The van der Waals surface area contributed by atoms with Crippen molar-refractivity contribution in [2.24, 2.45) is 4.36 Å². The number of pyridine rings is 1. The summed E-state index contributed by atoms with van der Waals surface area (Å²) in [4.78, 5) is 16.0. The predicted octanol–water partition coefficient (Wildman–Crippen LogP) is 4.07. The highest BCUT2D eigenvalue weighted by atomic mass is 32.2. The Labute approximate surface area is 176 Å². The number of benzene rings is 2. The first kappa shape index (κ1) is 21.1. The molecule has 0 saturated heterocycles. The Morgan fingerprint density at radius 3 is 2.43 bits per heavy atom. The second-order valence-corrected chi connectivity index (χ2v) is 8.46. The van der Waals surface area contributed by atoms with Gasteiger partial charge in [-0.25, -0.2) is 14.0 Å². The maximum atomic E-state index is 13.3. The van der Waals surface area contributed by atoms with Gasteiger partial charge in [0, 0.05) is 18.0 Å².